The Morgan fingerprint density at radius 2 is 1.43 bits per heavy atom. The number of ether oxygens (including phenoxy) is 2. The molecule has 0 amide bonds. The summed E-state index contributed by atoms with van der Waals surface area (Å²) in [6.07, 6.45) is 1.07. The summed E-state index contributed by atoms with van der Waals surface area (Å²) in [5.41, 5.74) is 1.06. The van der Waals surface area contributed by atoms with Gasteiger partial charge in [-0.15, -0.1) is 0 Å². The van der Waals surface area contributed by atoms with Crippen LogP contribution >= 0.6 is 11.6 Å². The van der Waals surface area contributed by atoms with E-state index in [4.69, 9.17) is 21.1 Å². The van der Waals surface area contributed by atoms with Crippen LogP contribution in [-0.4, -0.2) is 19.8 Å². The zero-order valence-corrected chi connectivity index (χ0v) is 14.5. The highest BCUT2D eigenvalue weighted by Gasteiger charge is 1.98. The van der Waals surface area contributed by atoms with E-state index < -0.39 is 0 Å². The van der Waals surface area contributed by atoms with E-state index in [2.05, 4.69) is 19.2 Å². The third kappa shape index (κ3) is 6.83. The van der Waals surface area contributed by atoms with E-state index in [0.29, 0.717) is 17.5 Å². The van der Waals surface area contributed by atoms with Crippen LogP contribution in [0, 0.1) is 5.92 Å². The Morgan fingerprint density at radius 3 is 2.04 bits per heavy atom. The summed E-state index contributed by atoms with van der Waals surface area (Å²) >= 11 is 5.83. The van der Waals surface area contributed by atoms with Gasteiger partial charge in [-0.05, 0) is 60.9 Å². The predicted octanol–water partition coefficient (Wildman–Crippen LogP) is 5.26. The van der Waals surface area contributed by atoms with Crippen molar-refractivity contribution in [1.82, 2.24) is 0 Å². The number of anilines is 1. The molecule has 4 heteroatoms. The number of benzene rings is 2. The molecular weight excluding hydrogens is 310 g/mol. The molecular formula is C19H24ClNO2. The van der Waals surface area contributed by atoms with Crippen molar-refractivity contribution in [2.45, 2.75) is 20.3 Å². The molecule has 23 heavy (non-hydrogen) atoms. The van der Waals surface area contributed by atoms with E-state index in [-0.39, 0.29) is 0 Å². The molecule has 0 aliphatic rings. The fourth-order valence-electron chi connectivity index (χ4n) is 1.98. The minimum absolute atomic E-state index is 0.592. The van der Waals surface area contributed by atoms with Crippen molar-refractivity contribution >= 4 is 17.3 Å². The first kappa shape index (κ1) is 17.5. The Labute approximate surface area is 143 Å². The molecule has 124 valence electrons. The largest absolute Gasteiger partial charge is 0.494 e. The van der Waals surface area contributed by atoms with Gasteiger partial charge < -0.3 is 14.8 Å². The zero-order valence-electron chi connectivity index (χ0n) is 13.7. The Balaban J connectivity index is 1.66. The Kier molecular flexibility index (Phi) is 7.08. The maximum absolute atomic E-state index is 5.83. The van der Waals surface area contributed by atoms with Crippen molar-refractivity contribution in [2.24, 2.45) is 5.92 Å². The van der Waals surface area contributed by atoms with Crippen molar-refractivity contribution < 1.29 is 9.47 Å². The lowest BCUT2D eigenvalue weighted by Gasteiger charge is -2.10. The van der Waals surface area contributed by atoms with Crippen LogP contribution in [0.5, 0.6) is 11.5 Å². The van der Waals surface area contributed by atoms with Crippen LogP contribution < -0.4 is 14.8 Å². The number of rotatable bonds is 9. The van der Waals surface area contributed by atoms with E-state index >= 15 is 0 Å². The molecule has 1 N–H and O–H groups in total. The normalized spacial score (nSPS) is 10.6. The highest BCUT2D eigenvalue weighted by molar-refractivity contribution is 6.30. The van der Waals surface area contributed by atoms with Crippen LogP contribution in [0.2, 0.25) is 5.02 Å². The molecule has 0 saturated heterocycles. The topological polar surface area (TPSA) is 30.5 Å². The van der Waals surface area contributed by atoms with Crippen LogP contribution in [0.4, 0.5) is 5.69 Å². The molecule has 0 radical (unpaired) electrons. The Bertz CT molecular complexity index is 567. The first-order chi connectivity index (χ1) is 11.1. The SMILES string of the molecule is CC(C)CCOc1ccc(NCCOc2ccc(Cl)cc2)cc1. The monoisotopic (exact) mass is 333 g/mol. The summed E-state index contributed by atoms with van der Waals surface area (Å²) in [6.45, 7) is 6.48. The van der Waals surface area contributed by atoms with Crippen LogP contribution in [-0.2, 0) is 0 Å². The summed E-state index contributed by atoms with van der Waals surface area (Å²) in [6, 6.07) is 15.4. The van der Waals surface area contributed by atoms with Gasteiger partial charge in [-0.3, -0.25) is 0 Å². The lowest BCUT2D eigenvalue weighted by molar-refractivity contribution is 0.289. The van der Waals surface area contributed by atoms with E-state index in [1.165, 1.54) is 0 Å². The zero-order chi connectivity index (χ0) is 16.5. The molecule has 0 fully saturated rings. The highest BCUT2D eigenvalue weighted by atomic mass is 35.5. The first-order valence-corrected chi connectivity index (χ1v) is 8.36. The fourth-order valence-corrected chi connectivity index (χ4v) is 2.10. The van der Waals surface area contributed by atoms with Crippen molar-refractivity contribution in [3.63, 3.8) is 0 Å². The average molecular weight is 334 g/mol. The van der Waals surface area contributed by atoms with Gasteiger partial charge in [0.1, 0.15) is 18.1 Å². The van der Waals surface area contributed by atoms with Crippen molar-refractivity contribution in [1.29, 1.82) is 0 Å². The minimum atomic E-state index is 0.592. The molecule has 2 rings (SSSR count). The molecule has 0 bridgehead atoms. The fraction of sp³-hybridized carbons (Fsp3) is 0.368. The first-order valence-electron chi connectivity index (χ1n) is 7.98. The molecule has 2 aromatic rings. The lowest BCUT2D eigenvalue weighted by atomic mass is 10.1. The van der Waals surface area contributed by atoms with Gasteiger partial charge in [0.25, 0.3) is 0 Å². The maximum atomic E-state index is 5.83. The number of halogens is 1. The van der Waals surface area contributed by atoms with Gasteiger partial charge in [0.15, 0.2) is 0 Å². The summed E-state index contributed by atoms with van der Waals surface area (Å²) in [4.78, 5) is 0. The molecule has 0 atom stereocenters. The third-order valence-electron chi connectivity index (χ3n) is 3.33. The second kappa shape index (κ2) is 9.31. The van der Waals surface area contributed by atoms with Gasteiger partial charge in [0, 0.05) is 17.3 Å². The van der Waals surface area contributed by atoms with Crippen LogP contribution in [0.1, 0.15) is 20.3 Å². The summed E-state index contributed by atoms with van der Waals surface area (Å²) < 4.78 is 11.3. The summed E-state index contributed by atoms with van der Waals surface area (Å²) in [5.74, 6) is 2.40. The van der Waals surface area contributed by atoms with Crippen LogP contribution in [0.3, 0.4) is 0 Å². The van der Waals surface area contributed by atoms with Gasteiger partial charge in [-0.25, -0.2) is 0 Å². The Morgan fingerprint density at radius 1 is 0.870 bits per heavy atom. The molecule has 0 saturated carbocycles. The molecule has 0 aliphatic carbocycles. The number of hydrogen-bond donors (Lipinski definition) is 1. The molecule has 3 nitrogen and oxygen atoms in total. The second-order valence-electron chi connectivity index (χ2n) is 5.78. The minimum Gasteiger partial charge on any atom is -0.494 e. The molecule has 0 aliphatic heterocycles. The molecule has 2 aromatic carbocycles. The van der Waals surface area contributed by atoms with E-state index in [1.54, 1.807) is 0 Å². The van der Waals surface area contributed by atoms with E-state index in [1.807, 2.05) is 48.5 Å². The lowest BCUT2D eigenvalue weighted by Crippen LogP contribution is -2.11. The van der Waals surface area contributed by atoms with Crippen molar-refractivity contribution in [3.05, 3.63) is 53.6 Å². The average Bonchev–Trinajstić information content (AvgIpc) is 2.54. The summed E-state index contributed by atoms with van der Waals surface area (Å²) in [5, 5.41) is 4.04. The summed E-state index contributed by atoms with van der Waals surface area (Å²) in [7, 11) is 0. The van der Waals surface area contributed by atoms with Gasteiger partial charge in [-0.2, -0.15) is 0 Å². The van der Waals surface area contributed by atoms with Crippen molar-refractivity contribution in [3.8, 4) is 11.5 Å². The second-order valence-corrected chi connectivity index (χ2v) is 6.22. The number of nitrogens with one attached hydrogen (secondary N) is 1. The molecule has 0 spiro atoms. The van der Waals surface area contributed by atoms with Gasteiger partial charge in [-0.1, -0.05) is 25.4 Å². The molecule has 0 heterocycles. The van der Waals surface area contributed by atoms with Crippen LogP contribution in [0.25, 0.3) is 0 Å². The standard InChI is InChI=1S/C19H24ClNO2/c1-15(2)11-13-22-19-9-5-17(6-10-19)21-12-14-23-18-7-3-16(20)4-8-18/h3-10,15,21H,11-14H2,1-2H3. The van der Waals surface area contributed by atoms with E-state index in [0.717, 1.165) is 36.8 Å². The third-order valence-corrected chi connectivity index (χ3v) is 3.58. The highest BCUT2D eigenvalue weighted by Crippen LogP contribution is 2.17. The molecule has 0 aromatic heterocycles. The van der Waals surface area contributed by atoms with E-state index in [9.17, 15) is 0 Å². The van der Waals surface area contributed by atoms with Gasteiger partial charge in [0.2, 0.25) is 0 Å². The molecule has 0 unspecified atom stereocenters. The maximum Gasteiger partial charge on any atom is 0.119 e. The Hall–Kier alpha value is -1.87. The van der Waals surface area contributed by atoms with Crippen LogP contribution in [0.15, 0.2) is 48.5 Å². The predicted molar refractivity (Wildman–Crippen MR) is 96.8 cm³/mol. The number of hydrogen-bond acceptors (Lipinski definition) is 3. The van der Waals surface area contributed by atoms with Crippen molar-refractivity contribution in [2.75, 3.05) is 25.1 Å². The van der Waals surface area contributed by atoms with Gasteiger partial charge in [0.05, 0.1) is 6.61 Å². The smallest absolute Gasteiger partial charge is 0.119 e. The quantitative estimate of drug-likeness (QED) is 0.635. The van der Waals surface area contributed by atoms with Gasteiger partial charge >= 0.3 is 0 Å².